The topological polar surface area (TPSA) is 92.5 Å². The summed E-state index contributed by atoms with van der Waals surface area (Å²) >= 11 is 0. The van der Waals surface area contributed by atoms with Gasteiger partial charge in [-0.25, -0.2) is 0 Å². The van der Waals surface area contributed by atoms with Crippen LogP contribution in [0.25, 0.3) is 0 Å². The van der Waals surface area contributed by atoms with Crippen LogP contribution in [-0.4, -0.2) is 22.2 Å². The number of hydrogen-bond donors (Lipinski definition) is 4. The fourth-order valence-electron chi connectivity index (χ4n) is 1.00. The van der Waals surface area contributed by atoms with Gasteiger partial charge in [0.25, 0.3) is 0 Å². The Hall–Kier alpha value is -0.160. The molecule has 1 atom stereocenters. The third kappa shape index (κ3) is 5.49. The number of aliphatic hydroxyl groups is 2. The van der Waals surface area contributed by atoms with Crippen molar-refractivity contribution in [2.75, 3.05) is 0 Å². The van der Waals surface area contributed by atoms with Crippen LogP contribution in [0.1, 0.15) is 39.0 Å². The van der Waals surface area contributed by atoms with Crippen molar-refractivity contribution in [1.29, 1.82) is 0 Å². The van der Waals surface area contributed by atoms with Crippen molar-refractivity contribution in [2.24, 2.45) is 11.5 Å². The summed E-state index contributed by atoms with van der Waals surface area (Å²) in [5.74, 6) is -2.22. The second-order valence-electron chi connectivity index (χ2n) is 3.24. The lowest BCUT2D eigenvalue weighted by Gasteiger charge is -2.23. The van der Waals surface area contributed by atoms with Gasteiger partial charge in [-0.1, -0.05) is 32.6 Å². The quantitative estimate of drug-likeness (QED) is 0.335. The fourth-order valence-corrected chi connectivity index (χ4v) is 1.00. The first-order valence-electron chi connectivity index (χ1n) is 4.47. The SMILES string of the molecule is CCCCCCC(N)C(N)(O)O. The van der Waals surface area contributed by atoms with E-state index in [2.05, 4.69) is 6.92 Å². The van der Waals surface area contributed by atoms with Gasteiger partial charge >= 0.3 is 0 Å². The summed E-state index contributed by atoms with van der Waals surface area (Å²) in [5.41, 5.74) is 10.4. The Morgan fingerprint density at radius 1 is 1.25 bits per heavy atom. The van der Waals surface area contributed by atoms with Crippen molar-refractivity contribution in [3.8, 4) is 0 Å². The van der Waals surface area contributed by atoms with Crippen molar-refractivity contribution >= 4 is 0 Å². The predicted octanol–water partition coefficient (Wildman–Crippen LogP) is -0.119. The van der Waals surface area contributed by atoms with Crippen LogP contribution in [0, 0.1) is 0 Å². The van der Waals surface area contributed by atoms with E-state index in [0.29, 0.717) is 6.42 Å². The highest BCUT2D eigenvalue weighted by atomic mass is 16.5. The molecule has 0 fully saturated rings. The summed E-state index contributed by atoms with van der Waals surface area (Å²) in [7, 11) is 0. The molecule has 0 saturated heterocycles. The highest BCUT2D eigenvalue weighted by Crippen LogP contribution is 2.08. The molecule has 0 aromatic heterocycles. The highest BCUT2D eigenvalue weighted by Gasteiger charge is 2.25. The van der Waals surface area contributed by atoms with E-state index in [4.69, 9.17) is 21.7 Å². The van der Waals surface area contributed by atoms with Crippen LogP contribution in [0.3, 0.4) is 0 Å². The number of hydrogen-bond acceptors (Lipinski definition) is 4. The monoisotopic (exact) mass is 176 g/mol. The van der Waals surface area contributed by atoms with Crippen molar-refractivity contribution < 1.29 is 10.2 Å². The van der Waals surface area contributed by atoms with E-state index in [1.165, 1.54) is 0 Å². The van der Waals surface area contributed by atoms with Gasteiger partial charge in [0.05, 0.1) is 6.04 Å². The number of unbranched alkanes of at least 4 members (excludes halogenated alkanes) is 3. The Morgan fingerprint density at radius 3 is 2.25 bits per heavy atom. The zero-order chi connectivity index (χ0) is 9.61. The van der Waals surface area contributed by atoms with E-state index in [-0.39, 0.29) is 0 Å². The number of nitrogens with two attached hydrogens (primary N) is 2. The van der Waals surface area contributed by atoms with Gasteiger partial charge in [0.15, 0.2) is 0 Å². The Labute approximate surface area is 73.6 Å². The molecule has 0 aliphatic carbocycles. The van der Waals surface area contributed by atoms with Crippen LogP contribution in [0.15, 0.2) is 0 Å². The normalized spacial score (nSPS) is 14.8. The van der Waals surface area contributed by atoms with Gasteiger partial charge in [0.1, 0.15) is 0 Å². The smallest absolute Gasteiger partial charge is 0.235 e. The molecule has 0 aromatic carbocycles. The van der Waals surface area contributed by atoms with Crippen LogP contribution < -0.4 is 11.5 Å². The minimum Gasteiger partial charge on any atom is -0.352 e. The van der Waals surface area contributed by atoms with Gasteiger partial charge in [-0.3, -0.25) is 5.73 Å². The second kappa shape index (κ2) is 5.48. The molecule has 6 N–H and O–H groups in total. The van der Waals surface area contributed by atoms with E-state index in [9.17, 15) is 0 Å². The summed E-state index contributed by atoms with van der Waals surface area (Å²) < 4.78 is 0. The van der Waals surface area contributed by atoms with Crippen LogP contribution in [-0.2, 0) is 0 Å². The molecule has 0 radical (unpaired) electrons. The predicted molar refractivity (Wildman–Crippen MR) is 48.1 cm³/mol. The molecule has 0 saturated carbocycles. The molecule has 12 heavy (non-hydrogen) atoms. The average molecular weight is 176 g/mol. The highest BCUT2D eigenvalue weighted by molar-refractivity contribution is 4.72. The van der Waals surface area contributed by atoms with Crippen molar-refractivity contribution in [1.82, 2.24) is 0 Å². The molecule has 0 rings (SSSR count). The lowest BCUT2D eigenvalue weighted by molar-refractivity contribution is -0.172. The summed E-state index contributed by atoms with van der Waals surface area (Å²) in [5, 5.41) is 17.7. The second-order valence-corrected chi connectivity index (χ2v) is 3.24. The molecule has 0 spiro atoms. The van der Waals surface area contributed by atoms with E-state index in [1.54, 1.807) is 0 Å². The van der Waals surface area contributed by atoms with Gasteiger partial charge < -0.3 is 15.9 Å². The Balaban J connectivity index is 3.38. The molecular formula is C8H20N2O2. The molecule has 0 amide bonds. The maximum Gasteiger partial charge on any atom is 0.235 e. The lowest BCUT2D eigenvalue weighted by atomic mass is 10.1. The zero-order valence-electron chi connectivity index (χ0n) is 7.66. The fraction of sp³-hybridized carbons (Fsp3) is 1.00. The molecule has 0 aliphatic rings. The first kappa shape index (κ1) is 11.8. The largest absolute Gasteiger partial charge is 0.352 e. The molecule has 4 heteroatoms. The Morgan fingerprint density at radius 2 is 1.83 bits per heavy atom. The molecule has 1 unspecified atom stereocenters. The van der Waals surface area contributed by atoms with Crippen LogP contribution in [0.2, 0.25) is 0 Å². The maximum absolute atomic E-state index is 8.85. The van der Waals surface area contributed by atoms with Gasteiger partial charge in [-0.05, 0) is 6.42 Å². The minimum atomic E-state index is -2.22. The third-order valence-corrected chi connectivity index (χ3v) is 1.91. The first-order valence-corrected chi connectivity index (χ1v) is 4.47. The Kier molecular flexibility index (Phi) is 5.41. The molecule has 0 aromatic rings. The molecule has 0 heterocycles. The molecule has 0 bridgehead atoms. The van der Waals surface area contributed by atoms with Gasteiger partial charge in [-0.2, -0.15) is 0 Å². The summed E-state index contributed by atoms with van der Waals surface area (Å²) in [4.78, 5) is 0. The maximum atomic E-state index is 8.85. The average Bonchev–Trinajstić information content (AvgIpc) is 1.96. The van der Waals surface area contributed by atoms with Crippen molar-refractivity contribution in [3.05, 3.63) is 0 Å². The van der Waals surface area contributed by atoms with E-state index in [1.807, 2.05) is 0 Å². The van der Waals surface area contributed by atoms with Gasteiger partial charge in [0.2, 0.25) is 5.91 Å². The number of rotatable bonds is 6. The molecule has 4 nitrogen and oxygen atoms in total. The van der Waals surface area contributed by atoms with Crippen LogP contribution in [0.5, 0.6) is 0 Å². The minimum absolute atomic E-state index is 0.559. The van der Waals surface area contributed by atoms with E-state index >= 15 is 0 Å². The molecular weight excluding hydrogens is 156 g/mol. The zero-order valence-corrected chi connectivity index (χ0v) is 7.66. The molecule has 0 aliphatic heterocycles. The van der Waals surface area contributed by atoms with Crippen molar-refractivity contribution in [2.45, 2.75) is 51.0 Å². The molecule has 74 valence electrons. The van der Waals surface area contributed by atoms with Crippen molar-refractivity contribution in [3.63, 3.8) is 0 Å². The van der Waals surface area contributed by atoms with Gasteiger partial charge in [-0.15, -0.1) is 0 Å². The van der Waals surface area contributed by atoms with Crippen LogP contribution >= 0.6 is 0 Å². The summed E-state index contributed by atoms with van der Waals surface area (Å²) in [6, 6.07) is -0.741. The van der Waals surface area contributed by atoms with E-state index in [0.717, 1.165) is 25.7 Å². The summed E-state index contributed by atoms with van der Waals surface area (Å²) in [6.07, 6.45) is 4.83. The first-order chi connectivity index (χ1) is 5.48. The summed E-state index contributed by atoms with van der Waals surface area (Å²) in [6.45, 7) is 2.12. The van der Waals surface area contributed by atoms with Gasteiger partial charge in [0, 0.05) is 0 Å². The Bertz CT molecular complexity index is 112. The third-order valence-electron chi connectivity index (χ3n) is 1.91. The lowest BCUT2D eigenvalue weighted by Crippen LogP contribution is -2.55. The van der Waals surface area contributed by atoms with E-state index < -0.39 is 12.0 Å². The standard InChI is InChI=1S/C8H20N2O2/c1-2-3-4-5-6-7(9)8(10,11)12/h7,11-12H,2-6,9-10H2,1H3. The van der Waals surface area contributed by atoms with Crippen LogP contribution in [0.4, 0.5) is 0 Å².